The summed E-state index contributed by atoms with van der Waals surface area (Å²) in [5.41, 5.74) is 4.43. The summed E-state index contributed by atoms with van der Waals surface area (Å²) in [6, 6.07) is 14.0. The van der Waals surface area contributed by atoms with Crippen LogP contribution in [0.2, 0.25) is 0 Å². The first-order valence-electron chi connectivity index (χ1n) is 12.3. The second-order valence-electron chi connectivity index (χ2n) is 9.43. The monoisotopic (exact) mass is 530 g/mol. The molecule has 2 aromatic heterocycles. The Morgan fingerprint density at radius 1 is 0.857 bits per heavy atom. The van der Waals surface area contributed by atoms with Gasteiger partial charge in [0.1, 0.15) is 0 Å². The summed E-state index contributed by atoms with van der Waals surface area (Å²) in [7, 11) is 0. The number of aromatic nitrogens is 2. The zero-order valence-corrected chi connectivity index (χ0v) is 21.0. The number of hydrogen-bond acceptors (Lipinski definition) is 3. The van der Waals surface area contributed by atoms with Gasteiger partial charge in [0.25, 0.3) is 11.8 Å². The van der Waals surface area contributed by atoms with E-state index in [1.165, 1.54) is 32.4 Å². The Labute approximate surface area is 212 Å². The fourth-order valence-electron chi connectivity index (χ4n) is 5.54. The fourth-order valence-corrected chi connectivity index (χ4v) is 5.89. The predicted molar refractivity (Wildman–Crippen MR) is 143 cm³/mol. The lowest BCUT2D eigenvalue weighted by Crippen LogP contribution is -2.31. The first kappa shape index (κ1) is 22.3. The van der Waals surface area contributed by atoms with Crippen LogP contribution < -0.4 is 5.32 Å². The molecule has 1 saturated heterocycles. The summed E-state index contributed by atoms with van der Waals surface area (Å²) in [6.45, 7) is 4.30. The molecular formula is C28H27BrN4O2. The first-order valence-corrected chi connectivity index (χ1v) is 13.1. The Morgan fingerprint density at radius 2 is 1.63 bits per heavy atom. The minimum absolute atomic E-state index is 0.342. The number of aryl methyl sites for hydroxylation is 1. The molecule has 0 spiro atoms. The Kier molecular flexibility index (Phi) is 5.82. The van der Waals surface area contributed by atoms with Crippen molar-refractivity contribution in [1.29, 1.82) is 0 Å². The van der Waals surface area contributed by atoms with Crippen LogP contribution in [0.25, 0.3) is 33.0 Å². The number of benzene rings is 2. The van der Waals surface area contributed by atoms with Gasteiger partial charge < -0.3 is 14.5 Å². The summed E-state index contributed by atoms with van der Waals surface area (Å²) in [6.07, 6.45) is 8.83. The van der Waals surface area contributed by atoms with Crippen LogP contribution in [-0.4, -0.2) is 45.9 Å². The van der Waals surface area contributed by atoms with E-state index < -0.39 is 0 Å². The number of nitrogens with zero attached hydrogens (tertiary/aromatic N) is 2. The molecule has 2 amide bonds. The van der Waals surface area contributed by atoms with Gasteiger partial charge in [-0.05, 0) is 57.1 Å². The molecule has 35 heavy (non-hydrogen) atoms. The lowest BCUT2D eigenvalue weighted by molar-refractivity contribution is -0.122. The fraction of sp³-hybridized carbons (Fsp3) is 0.286. The number of aromatic amines is 1. The highest BCUT2D eigenvalue weighted by Gasteiger charge is 2.35. The number of fused-ring (bicyclic) bond motifs is 2. The van der Waals surface area contributed by atoms with E-state index in [0.717, 1.165) is 56.9 Å². The van der Waals surface area contributed by atoms with E-state index in [-0.39, 0.29) is 11.8 Å². The molecule has 0 saturated carbocycles. The predicted octanol–water partition coefficient (Wildman–Crippen LogP) is 5.33. The summed E-state index contributed by atoms with van der Waals surface area (Å²) in [4.78, 5) is 32.0. The third kappa shape index (κ3) is 4.02. The standard InChI is InChI=1S/C28H27BrN4O2/c29-18-9-10-20-22(17-33(24(20)15-18)14-6-13-32-11-4-1-5-12-32)26-25(27(34)31-28(26)35)21-16-30-23-8-3-2-7-19(21)23/h2-3,7-10,15-17,30H,1,4-6,11-14H2,(H,31,34,35). The summed E-state index contributed by atoms with van der Waals surface area (Å²) in [5, 5.41) is 4.45. The number of carbonyl (C=O) groups is 2. The maximum Gasteiger partial charge on any atom is 0.259 e. The molecule has 0 bridgehead atoms. The van der Waals surface area contributed by atoms with Crippen molar-refractivity contribution in [1.82, 2.24) is 19.8 Å². The van der Waals surface area contributed by atoms with Crippen molar-refractivity contribution < 1.29 is 9.59 Å². The highest BCUT2D eigenvalue weighted by molar-refractivity contribution is 9.10. The van der Waals surface area contributed by atoms with Gasteiger partial charge >= 0.3 is 0 Å². The normalized spacial score (nSPS) is 17.2. The van der Waals surface area contributed by atoms with E-state index in [4.69, 9.17) is 0 Å². The molecule has 6 rings (SSSR count). The maximum absolute atomic E-state index is 13.1. The van der Waals surface area contributed by atoms with Gasteiger partial charge in [0, 0.05) is 56.3 Å². The maximum atomic E-state index is 13.1. The second kappa shape index (κ2) is 9.13. The third-order valence-electron chi connectivity index (χ3n) is 7.23. The quantitative estimate of drug-likeness (QED) is 0.331. The molecule has 0 atom stereocenters. The van der Waals surface area contributed by atoms with E-state index in [2.05, 4.69) is 48.0 Å². The van der Waals surface area contributed by atoms with E-state index in [9.17, 15) is 9.59 Å². The molecule has 2 aromatic carbocycles. The molecule has 0 aliphatic carbocycles. The number of H-pyrrole nitrogens is 1. The van der Waals surface area contributed by atoms with Crippen LogP contribution >= 0.6 is 15.9 Å². The molecule has 0 radical (unpaired) electrons. The molecule has 0 unspecified atom stereocenters. The van der Waals surface area contributed by atoms with Gasteiger partial charge in [-0.2, -0.15) is 0 Å². The third-order valence-corrected chi connectivity index (χ3v) is 7.72. The molecule has 2 aliphatic heterocycles. The number of likely N-dealkylation sites (tertiary alicyclic amines) is 1. The van der Waals surface area contributed by atoms with E-state index in [1.54, 1.807) is 0 Å². The van der Waals surface area contributed by atoms with Crippen LogP contribution in [0.3, 0.4) is 0 Å². The van der Waals surface area contributed by atoms with Crippen LogP contribution in [0, 0.1) is 0 Å². The van der Waals surface area contributed by atoms with Crippen molar-refractivity contribution >= 4 is 60.7 Å². The SMILES string of the molecule is O=C1NC(=O)C(c2cn(CCCN3CCCCC3)c3cc(Br)ccc23)=C1c1c[nH]c2ccccc12. The highest BCUT2D eigenvalue weighted by Crippen LogP contribution is 2.38. The van der Waals surface area contributed by atoms with Crippen molar-refractivity contribution in [3.05, 3.63) is 70.5 Å². The van der Waals surface area contributed by atoms with E-state index in [0.29, 0.717) is 11.1 Å². The van der Waals surface area contributed by atoms with Crippen molar-refractivity contribution in [2.24, 2.45) is 0 Å². The Bertz CT molecular complexity index is 1490. The lowest BCUT2D eigenvalue weighted by Gasteiger charge is -2.26. The number of halogens is 1. The Hall–Kier alpha value is -3.16. The smallest absolute Gasteiger partial charge is 0.259 e. The molecular weight excluding hydrogens is 504 g/mol. The van der Waals surface area contributed by atoms with Gasteiger partial charge in [-0.25, -0.2) is 0 Å². The summed E-state index contributed by atoms with van der Waals surface area (Å²) >= 11 is 3.61. The number of para-hydroxylation sites is 1. The van der Waals surface area contributed by atoms with E-state index >= 15 is 0 Å². The van der Waals surface area contributed by atoms with Crippen LogP contribution in [0.15, 0.2) is 59.3 Å². The molecule has 178 valence electrons. The van der Waals surface area contributed by atoms with Crippen molar-refractivity contribution in [2.45, 2.75) is 32.2 Å². The van der Waals surface area contributed by atoms with Gasteiger partial charge in [0.15, 0.2) is 0 Å². The number of carbonyl (C=O) groups excluding carboxylic acids is 2. The number of hydrogen-bond donors (Lipinski definition) is 2. The zero-order valence-electron chi connectivity index (χ0n) is 19.4. The van der Waals surface area contributed by atoms with Crippen molar-refractivity contribution in [3.8, 4) is 0 Å². The largest absolute Gasteiger partial charge is 0.361 e. The number of imide groups is 1. The minimum atomic E-state index is -0.349. The molecule has 4 aromatic rings. The van der Waals surface area contributed by atoms with Gasteiger partial charge in [0.05, 0.1) is 11.1 Å². The lowest BCUT2D eigenvalue weighted by atomic mass is 9.95. The number of amides is 2. The Balaban J connectivity index is 1.44. The van der Waals surface area contributed by atoms with Gasteiger partial charge in [-0.3, -0.25) is 14.9 Å². The van der Waals surface area contributed by atoms with Gasteiger partial charge in [0.2, 0.25) is 0 Å². The van der Waals surface area contributed by atoms with Crippen LogP contribution in [0.5, 0.6) is 0 Å². The summed E-state index contributed by atoms with van der Waals surface area (Å²) in [5.74, 6) is -0.691. The number of rotatable bonds is 6. The van der Waals surface area contributed by atoms with Crippen LogP contribution in [0.1, 0.15) is 36.8 Å². The highest BCUT2D eigenvalue weighted by atomic mass is 79.9. The zero-order chi connectivity index (χ0) is 23.9. The van der Waals surface area contributed by atoms with Gasteiger partial charge in [-0.15, -0.1) is 0 Å². The molecule has 1 fully saturated rings. The molecule has 4 heterocycles. The number of piperidine rings is 1. The molecule has 2 N–H and O–H groups in total. The van der Waals surface area contributed by atoms with Crippen LogP contribution in [-0.2, 0) is 16.1 Å². The Morgan fingerprint density at radius 3 is 2.46 bits per heavy atom. The minimum Gasteiger partial charge on any atom is -0.361 e. The average molecular weight is 531 g/mol. The topological polar surface area (TPSA) is 70.1 Å². The average Bonchev–Trinajstić information content (AvgIpc) is 3.52. The van der Waals surface area contributed by atoms with Crippen molar-refractivity contribution in [2.75, 3.05) is 19.6 Å². The first-order chi connectivity index (χ1) is 17.1. The van der Waals surface area contributed by atoms with Crippen LogP contribution in [0.4, 0.5) is 0 Å². The molecule has 2 aliphatic rings. The molecule has 7 heteroatoms. The van der Waals surface area contributed by atoms with Gasteiger partial charge in [-0.1, -0.05) is 46.6 Å². The number of nitrogens with one attached hydrogen (secondary N) is 2. The van der Waals surface area contributed by atoms with E-state index in [1.807, 2.05) is 42.6 Å². The second-order valence-corrected chi connectivity index (χ2v) is 10.4. The van der Waals surface area contributed by atoms with Crippen molar-refractivity contribution in [3.63, 3.8) is 0 Å². The molecule has 6 nitrogen and oxygen atoms in total. The summed E-state index contributed by atoms with van der Waals surface area (Å²) < 4.78 is 3.22.